The summed E-state index contributed by atoms with van der Waals surface area (Å²) in [7, 11) is 0. The second kappa shape index (κ2) is 9.31. The van der Waals surface area contributed by atoms with Crippen LogP contribution in [0, 0.1) is 0 Å². The molecule has 0 aliphatic heterocycles. The van der Waals surface area contributed by atoms with Gasteiger partial charge in [-0.05, 0) is 35.9 Å². The van der Waals surface area contributed by atoms with E-state index in [1.807, 2.05) is 59.3 Å². The monoisotopic (exact) mass is 386 g/mol. The largest absolute Gasteiger partial charge is 0.337 e. The molecule has 2 N–H and O–H groups in total. The van der Waals surface area contributed by atoms with Crippen molar-refractivity contribution in [3.63, 3.8) is 0 Å². The number of aromatic nitrogens is 2. The molecule has 0 spiro atoms. The quantitative estimate of drug-likeness (QED) is 0.474. The highest BCUT2D eigenvalue weighted by Gasteiger charge is 2.06. The maximum atomic E-state index is 12.0. The van der Waals surface area contributed by atoms with E-state index < -0.39 is 0 Å². The number of imidazole rings is 1. The molecule has 0 saturated carbocycles. The normalized spacial score (nSPS) is 10.5. The molecule has 0 fully saturated rings. The van der Waals surface area contributed by atoms with E-state index in [1.165, 1.54) is 0 Å². The molecular formula is C19H19ClN4OS. The Morgan fingerprint density at radius 2 is 1.92 bits per heavy atom. The molecule has 0 atom stereocenters. The molecule has 134 valence electrons. The summed E-state index contributed by atoms with van der Waals surface area (Å²) in [4.78, 5) is 17.2. The lowest BCUT2D eigenvalue weighted by Gasteiger charge is -2.12. The van der Waals surface area contributed by atoms with Gasteiger partial charge in [0.25, 0.3) is 0 Å². The van der Waals surface area contributed by atoms with Crippen LogP contribution in [-0.2, 0) is 6.54 Å². The van der Waals surface area contributed by atoms with E-state index in [0.29, 0.717) is 13.1 Å². The van der Waals surface area contributed by atoms with Crippen molar-refractivity contribution in [2.45, 2.75) is 11.4 Å². The number of benzene rings is 2. The third-order valence-corrected chi connectivity index (χ3v) is 4.95. The van der Waals surface area contributed by atoms with Gasteiger partial charge >= 0.3 is 6.03 Å². The lowest BCUT2D eigenvalue weighted by Crippen LogP contribution is -2.36. The third kappa shape index (κ3) is 5.28. The topological polar surface area (TPSA) is 59.0 Å². The summed E-state index contributed by atoms with van der Waals surface area (Å²) in [6.45, 7) is 1.03. The Morgan fingerprint density at radius 3 is 2.69 bits per heavy atom. The maximum Gasteiger partial charge on any atom is 0.315 e. The summed E-state index contributed by atoms with van der Waals surface area (Å²) in [5.41, 5.74) is 2.03. The van der Waals surface area contributed by atoms with Crippen molar-refractivity contribution in [3.05, 3.63) is 77.8 Å². The maximum absolute atomic E-state index is 12.0. The molecule has 0 aliphatic carbocycles. The molecule has 2 amide bonds. The van der Waals surface area contributed by atoms with Gasteiger partial charge in [0.15, 0.2) is 0 Å². The van der Waals surface area contributed by atoms with Gasteiger partial charge in [0, 0.05) is 41.2 Å². The SMILES string of the molecule is O=C(NCCSc1ccc(Cl)cc1)NCc1ccccc1-n1ccnc1. The lowest BCUT2D eigenvalue weighted by atomic mass is 10.1. The number of urea groups is 1. The van der Waals surface area contributed by atoms with E-state index in [1.54, 1.807) is 24.3 Å². The van der Waals surface area contributed by atoms with E-state index in [0.717, 1.165) is 26.9 Å². The number of thioether (sulfide) groups is 1. The van der Waals surface area contributed by atoms with Crippen molar-refractivity contribution in [3.8, 4) is 5.69 Å². The Morgan fingerprint density at radius 1 is 1.12 bits per heavy atom. The second-order valence-electron chi connectivity index (χ2n) is 5.51. The van der Waals surface area contributed by atoms with Gasteiger partial charge in [-0.15, -0.1) is 11.8 Å². The molecule has 0 saturated heterocycles. The minimum Gasteiger partial charge on any atom is -0.337 e. The van der Waals surface area contributed by atoms with E-state index in [4.69, 9.17) is 11.6 Å². The Bertz CT molecular complexity index is 837. The molecule has 0 aliphatic rings. The van der Waals surface area contributed by atoms with Gasteiger partial charge in [-0.25, -0.2) is 9.78 Å². The van der Waals surface area contributed by atoms with Crippen LogP contribution in [0.3, 0.4) is 0 Å². The van der Waals surface area contributed by atoms with Gasteiger partial charge in [-0.1, -0.05) is 29.8 Å². The smallest absolute Gasteiger partial charge is 0.315 e. The van der Waals surface area contributed by atoms with Crippen LogP contribution in [-0.4, -0.2) is 27.9 Å². The fourth-order valence-electron chi connectivity index (χ4n) is 2.42. The number of halogens is 1. The Hall–Kier alpha value is -2.44. The fourth-order valence-corrected chi connectivity index (χ4v) is 3.31. The van der Waals surface area contributed by atoms with Crippen molar-refractivity contribution in [2.75, 3.05) is 12.3 Å². The number of hydrogen-bond acceptors (Lipinski definition) is 3. The fraction of sp³-hybridized carbons (Fsp3) is 0.158. The number of nitrogens with one attached hydrogen (secondary N) is 2. The number of amides is 2. The third-order valence-electron chi connectivity index (χ3n) is 3.68. The number of carbonyl (C=O) groups excluding carboxylic acids is 1. The molecule has 2 aromatic carbocycles. The van der Waals surface area contributed by atoms with Gasteiger partial charge in [-0.3, -0.25) is 0 Å². The van der Waals surface area contributed by atoms with Crippen molar-refractivity contribution in [1.29, 1.82) is 0 Å². The summed E-state index contributed by atoms with van der Waals surface area (Å²) >= 11 is 7.54. The number of hydrogen-bond donors (Lipinski definition) is 2. The molecule has 5 nitrogen and oxygen atoms in total. The zero-order valence-electron chi connectivity index (χ0n) is 14.1. The molecular weight excluding hydrogens is 368 g/mol. The molecule has 7 heteroatoms. The number of rotatable bonds is 7. The first-order valence-electron chi connectivity index (χ1n) is 8.19. The molecule has 0 radical (unpaired) electrons. The Labute approximate surface area is 161 Å². The van der Waals surface area contributed by atoms with Crippen LogP contribution in [0.5, 0.6) is 0 Å². The standard InChI is InChI=1S/C19H19ClN4OS/c20-16-5-7-17(8-6-16)26-12-10-22-19(25)23-13-15-3-1-2-4-18(15)24-11-9-21-14-24/h1-9,11,14H,10,12-13H2,(H2,22,23,25). The van der Waals surface area contributed by atoms with Crippen LogP contribution >= 0.6 is 23.4 Å². The first kappa shape index (κ1) is 18.4. The van der Waals surface area contributed by atoms with Gasteiger partial charge in [0.2, 0.25) is 0 Å². The number of carbonyl (C=O) groups is 1. The zero-order chi connectivity index (χ0) is 18.2. The summed E-state index contributed by atoms with van der Waals surface area (Å²) in [6, 6.07) is 15.4. The second-order valence-corrected chi connectivity index (χ2v) is 7.12. The number of nitrogens with zero attached hydrogens (tertiary/aromatic N) is 2. The van der Waals surface area contributed by atoms with Crippen LogP contribution < -0.4 is 10.6 Å². The summed E-state index contributed by atoms with van der Waals surface area (Å²) in [5.74, 6) is 0.792. The minimum absolute atomic E-state index is 0.179. The average molecular weight is 387 g/mol. The van der Waals surface area contributed by atoms with Crippen molar-refractivity contribution < 1.29 is 4.79 Å². The summed E-state index contributed by atoms with van der Waals surface area (Å²) in [5, 5.41) is 6.49. The van der Waals surface area contributed by atoms with E-state index in [2.05, 4.69) is 15.6 Å². The van der Waals surface area contributed by atoms with Crippen LogP contribution in [0.25, 0.3) is 5.69 Å². The van der Waals surface area contributed by atoms with Crippen molar-refractivity contribution >= 4 is 29.4 Å². The van der Waals surface area contributed by atoms with Crippen LogP contribution in [0.2, 0.25) is 5.02 Å². The van der Waals surface area contributed by atoms with E-state index >= 15 is 0 Å². The van der Waals surface area contributed by atoms with Gasteiger partial charge in [0.1, 0.15) is 0 Å². The number of para-hydroxylation sites is 1. The highest BCUT2D eigenvalue weighted by atomic mass is 35.5. The minimum atomic E-state index is -0.179. The van der Waals surface area contributed by atoms with Gasteiger partial charge in [0.05, 0.1) is 12.0 Å². The van der Waals surface area contributed by atoms with Crippen LogP contribution in [0.1, 0.15) is 5.56 Å². The first-order valence-corrected chi connectivity index (χ1v) is 9.55. The molecule has 1 aromatic heterocycles. The Balaban J connectivity index is 1.43. The Kier molecular flexibility index (Phi) is 6.57. The van der Waals surface area contributed by atoms with Crippen LogP contribution in [0.15, 0.2) is 72.1 Å². The average Bonchev–Trinajstić information content (AvgIpc) is 3.20. The molecule has 26 heavy (non-hydrogen) atoms. The molecule has 0 bridgehead atoms. The van der Waals surface area contributed by atoms with Crippen molar-refractivity contribution in [1.82, 2.24) is 20.2 Å². The van der Waals surface area contributed by atoms with Gasteiger partial charge in [-0.2, -0.15) is 0 Å². The summed E-state index contributed by atoms with van der Waals surface area (Å²) in [6.07, 6.45) is 5.36. The predicted molar refractivity (Wildman–Crippen MR) is 106 cm³/mol. The van der Waals surface area contributed by atoms with E-state index in [-0.39, 0.29) is 6.03 Å². The van der Waals surface area contributed by atoms with E-state index in [9.17, 15) is 4.79 Å². The highest BCUT2D eigenvalue weighted by molar-refractivity contribution is 7.99. The predicted octanol–water partition coefficient (Wildman–Crippen LogP) is 4.12. The molecule has 3 rings (SSSR count). The lowest BCUT2D eigenvalue weighted by molar-refractivity contribution is 0.241. The molecule has 0 unspecified atom stereocenters. The summed E-state index contributed by atoms with van der Waals surface area (Å²) < 4.78 is 1.93. The van der Waals surface area contributed by atoms with Crippen LogP contribution in [0.4, 0.5) is 4.79 Å². The van der Waals surface area contributed by atoms with Crippen molar-refractivity contribution in [2.24, 2.45) is 0 Å². The molecule has 1 heterocycles. The molecule has 3 aromatic rings. The zero-order valence-corrected chi connectivity index (χ0v) is 15.6. The first-order chi connectivity index (χ1) is 12.7. The van der Waals surface area contributed by atoms with Gasteiger partial charge < -0.3 is 15.2 Å². The highest BCUT2D eigenvalue weighted by Crippen LogP contribution is 2.19.